The molecule has 0 amide bonds. The fourth-order valence-corrected chi connectivity index (χ4v) is 13.9. The van der Waals surface area contributed by atoms with Gasteiger partial charge in [0.2, 0.25) is 0 Å². The Hall–Kier alpha value is -9.65. The molecule has 6 nitrogen and oxygen atoms in total. The van der Waals surface area contributed by atoms with Gasteiger partial charge in [0.25, 0.3) is 0 Å². The van der Waals surface area contributed by atoms with E-state index in [0.717, 1.165) is 56.5 Å². The van der Waals surface area contributed by atoms with E-state index in [2.05, 4.69) is 320 Å². The van der Waals surface area contributed by atoms with Crippen LogP contribution in [0.25, 0.3) is 99.6 Å². The summed E-state index contributed by atoms with van der Waals surface area (Å²) in [6.07, 6.45) is 1.96. The van der Waals surface area contributed by atoms with Gasteiger partial charge in [0.1, 0.15) is 24.0 Å². The zero-order valence-electron chi connectivity index (χ0n) is 52.7. The monoisotopic (exact) mass is 1150 g/mol. The molecule has 0 N–H and O–H groups in total. The normalized spacial score (nSPS) is 13.4. The molecule has 88 heavy (non-hydrogen) atoms. The Balaban J connectivity index is 0.872. The van der Waals surface area contributed by atoms with Crippen LogP contribution in [0.5, 0.6) is 11.5 Å². The predicted octanol–water partition coefficient (Wildman–Crippen LogP) is 22.5. The molecule has 434 valence electrons. The third-order valence-electron chi connectivity index (χ3n) is 18.6. The zero-order chi connectivity index (χ0) is 60.8. The van der Waals surface area contributed by atoms with E-state index in [1.54, 1.807) is 0 Å². The first-order valence-electron chi connectivity index (χ1n) is 31.2. The minimum atomic E-state index is -0.0940. The fraction of sp³-hybridized carbons (Fsp3) is 0.207. The molecule has 0 spiro atoms. The maximum atomic E-state index is 7.15. The van der Waals surface area contributed by atoms with E-state index < -0.39 is 0 Å². The second-order valence-corrected chi connectivity index (χ2v) is 28.5. The van der Waals surface area contributed by atoms with Crippen LogP contribution in [0.3, 0.4) is 0 Å². The molecule has 0 fully saturated rings. The van der Waals surface area contributed by atoms with Gasteiger partial charge in [-0.2, -0.15) is 0 Å². The summed E-state index contributed by atoms with van der Waals surface area (Å²) < 4.78 is 12.0. The average Bonchev–Trinajstić information content (AvgIpc) is 4.06. The highest BCUT2D eigenvalue weighted by Gasteiger charge is 2.34. The number of rotatable bonds is 7. The van der Waals surface area contributed by atoms with Gasteiger partial charge in [-0.15, -0.1) is 0 Å². The molecule has 0 aliphatic carbocycles. The molecule has 13 aromatic rings. The SMILES string of the molecule is CC(C)(C)c1cccc(-c2cccc(-c3cc(C(C)(C)C)cc(C(C)(C)C)c3)c2N2CN(c3cccc(Oc4ccc5c6c7c(ccc6n(-c6cc(C(C)(C)C)ccn6)c5c4)-n4c5ccccc5c5cccc(c54)-c4ccccc4-7)c3)c3ccccc32)c1. The highest BCUT2D eigenvalue weighted by Crippen LogP contribution is 2.54. The molecule has 5 heterocycles. The van der Waals surface area contributed by atoms with Crippen LogP contribution < -0.4 is 14.5 Å². The van der Waals surface area contributed by atoms with E-state index >= 15 is 0 Å². The van der Waals surface area contributed by atoms with Crippen LogP contribution in [0, 0.1) is 0 Å². The van der Waals surface area contributed by atoms with Gasteiger partial charge in [-0.25, -0.2) is 4.98 Å². The minimum Gasteiger partial charge on any atom is -0.457 e. The Morgan fingerprint density at radius 3 is 1.70 bits per heavy atom. The summed E-state index contributed by atoms with van der Waals surface area (Å²) in [6, 6.07) is 81.2. The summed E-state index contributed by atoms with van der Waals surface area (Å²) in [6.45, 7) is 28.3. The topological polar surface area (TPSA) is 38.5 Å². The molecule has 0 saturated heterocycles. The van der Waals surface area contributed by atoms with Crippen molar-refractivity contribution in [3.8, 4) is 67.5 Å². The van der Waals surface area contributed by atoms with E-state index in [1.807, 2.05) is 6.20 Å². The van der Waals surface area contributed by atoms with Crippen LogP contribution in [-0.4, -0.2) is 20.8 Å². The van der Waals surface area contributed by atoms with Gasteiger partial charge in [0, 0.05) is 67.8 Å². The van der Waals surface area contributed by atoms with Crippen molar-refractivity contribution >= 4 is 66.4 Å². The van der Waals surface area contributed by atoms with Gasteiger partial charge >= 0.3 is 0 Å². The number of benzene rings is 10. The van der Waals surface area contributed by atoms with Crippen LogP contribution in [0.15, 0.2) is 225 Å². The maximum absolute atomic E-state index is 7.15. The van der Waals surface area contributed by atoms with Crippen molar-refractivity contribution in [3.05, 3.63) is 247 Å². The van der Waals surface area contributed by atoms with E-state index in [1.165, 1.54) is 99.6 Å². The van der Waals surface area contributed by atoms with Crippen molar-refractivity contribution in [2.45, 2.75) is 105 Å². The molecule has 10 aromatic carbocycles. The summed E-state index contributed by atoms with van der Waals surface area (Å²) in [5.41, 5.74) is 24.9. The Labute approximate surface area is 517 Å². The molecule has 6 heteroatoms. The van der Waals surface area contributed by atoms with Crippen LogP contribution in [0.4, 0.5) is 22.7 Å². The van der Waals surface area contributed by atoms with Crippen LogP contribution in [0.1, 0.15) is 105 Å². The molecule has 2 aliphatic heterocycles. The summed E-state index contributed by atoms with van der Waals surface area (Å²) in [5, 5.41) is 4.80. The van der Waals surface area contributed by atoms with Gasteiger partial charge in [-0.3, -0.25) is 4.57 Å². The van der Waals surface area contributed by atoms with E-state index in [-0.39, 0.29) is 21.7 Å². The Bertz CT molecular complexity index is 4950. The van der Waals surface area contributed by atoms with Crippen molar-refractivity contribution in [2.75, 3.05) is 16.5 Å². The largest absolute Gasteiger partial charge is 0.457 e. The third kappa shape index (κ3) is 9.01. The van der Waals surface area contributed by atoms with Gasteiger partial charge in [-0.1, -0.05) is 223 Å². The molecule has 2 aliphatic rings. The third-order valence-corrected chi connectivity index (χ3v) is 18.6. The number of ether oxygens (including phenoxy) is 1. The summed E-state index contributed by atoms with van der Waals surface area (Å²) >= 11 is 0. The van der Waals surface area contributed by atoms with Crippen molar-refractivity contribution < 1.29 is 4.74 Å². The molecular weight excluding hydrogens is 1070 g/mol. The molecule has 0 atom stereocenters. The van der Waals surface area contributed by atoms with Gasteiger partial charge in [0.05, 0.1) is 44.8 Å². The molecule has 0 radical (unpaired) electrons. The number of pyridine rings is 1. The molecule has 0 bridgehead atoms. The lowest BCUT2D eigenvalue weighted by Gasteiger charge is -2.30. The standard InChI is InChI=1S/C82H75N5O/c1-79(2,3)53-24-19-23-51(43-53)60-30-21-31-61(52-44-55(81(7,8)9)46-56(45-52)82(10,11)12)77(60)85-50-84(69-35-17-18-36-70(69)85)57-25-20-26-58(48-57)88-59-37-38-67-73(49-59)86(74-47-54(41-42-83-74)80(4,5)6)71-39-40-72-75(76(67)71)64-29-14-13-27-62(64)65-32-22-33-66-63-28-15-16-34-68(63)87(72)78(65)66/h13-49H,50H2,1-12H3. The number of fused-ring (bicyclic) bond motifs is 13. The van der Waals surface area contributed by atoms with Crippen LogP contribution in [0.2, 0.25) is 0 Å². The molecule has 3 aromatic heterocycles. The number of aromatic nitrogens is 3. The number of hydrogen-bond acceptors (Lipinski definition) is 4. The van der Waals surface area contributed by atoms with Crippen molar-refractivity contribution in [3.63, 3.8) is 0 Å². The average molecular weight is 1150 g/mol. The highest BCUT2D eigenvalue weighted by molar-refractivity contribution is 6.23. The van der Waals surface area contributed by atoms with E-state index in [0.29, 0.717) is 6.67 Å². The quantitative estimate of drug-likeness (QED) is 0.159. The lowest BCUT2D eigenvalue weighted by molar-refractivity contribution is 0.483. The lowest BCUT2D eigenvalue weighted by Crippen LogP contribution is -2.25. The maximum Gasteiger partial charge on any atom is 0.137 e. The predicted molar refractivity (Wildman–Crippen MR) is 372 cm³/mol. The van der Waals surface area contributed by atoms with Gasteiger partial charge < -0.3 is 19.1 Å². The Morgan fingerprint density at radius 2 is 0.955 bits per heavy atom. The number of anilines is 4. The summed E-state index contributed by atoms with van der Waals surface area (Å²) in [5.74, 6) is 2.36. The molecule has 0 unspecified atom stereocenters. The summed E-state index contributed by atoms with van der Waals surface area (Å²) in [7, 11) is 0. The smallest absolute Gasteiger partial charge is 0.137 e. The van der Waals surface area contributed by atoms with Crippen molar-refractivity contribution in [2.24, 2.45) is 0 Å². The van der Waals surface area contributed by atoms with Gasteiger partial charge in [0.15, 0.2) is 0 Å². The van der Waals surface area contributed by atoms with Crippen molar-refractivity contribution in [1.29, 1.82) is 0 Å². The van der Waals surface area contributed by atoms with Crippen LogP contribution in [-0.2, 0) is 21.7 Å². The number of hydrogen-bond donors (Lipinski definition) is 0. The first-order chi connectivity index (χ1) is 42.2. The molecule has 0 saturated carbocycles. The number of para-hydroxylation sites is 5. The number of nitrogens with zero attached hydrogens (tertiary/aromatic N) is 5. The van der Waals surface area contributed by atoms with E-state index in [4.69, 9.17) is 9.72 Å². The molecular formula is C82H75N5O. The minimum absolute atomic E-state index is 0.0216. The Kier molecular flexibility index (Phi) is 12.5. The first-order valence-corrected chi connectivity index (χ1v) is 31.2. The van der Waals surface area contributed by atoms with Crippen LogP contribution >= 0.6 is 0 Å². The second-order valence-electron chi connectivity index (χ2n) is 28.5. The zero-order valence-corrected chi connectivity index (χ0v) is 52.7. The molecule has 15 rings (SSSR count). The second kappa shape index (κ2) is 19.9. The van der Waals surface area contributed by atoms with Gasteiger partial charge in [-0.05, 0) is 133 Å². The first kappa shape index (κ1) is 55.0. The van der Waals surface area contributed by atoms with Crippen molar-refractivity contribution in [1.82, 2.24) is 14.1 Å². The fourth-order valence-electron chi connectivity index (χ4n) is 13.9. The lowest BCUT2D eigenvalue weighted by atomic mass is 9.78. The Morgan fingerprint density at radius 1 is 0.364 bits per heavy atom. The highest BCUT2D eigenvalue weighted by atomic mass is 16.5. The summed E-state index contributed by atoms with van der Waals surface area (Å²) in [4.78, 5) is 10.2. The van der Waals surface area contributed by atoms with E-state index in [9.17, 15) is 0 Å².